The van der Waals surface area contributed by atoms with Crippen molar-refractivity contribution < 1.29 is 18.4 Å². The predicted molar refractivity (Wildman–Crippen MR) is 115 cm³/mol. The molecule has 0 unspecified atom stereocenters. The zero-order valence-electron chi connectivity index (χ0n) is 17.4. The molecule has 0 saturated carbocycles. The van der Waals surface area contributed by atoms with E-state index in [1.807, 2.05) is 0 Å². The molecule has 1 saturated heterocycles. The Morgan fingerprint density at radius 1 is 1.03 bits per heavy atom. The van der Waals surface area contributed by atoms with Crippen molar-refractivity contribution in [3.8, 4) is 0 Å². The highest BCUT2D eigenvalue weighted by Crippen LogP contribution is 2.23. The van der Waals surface area contributed by atoms with Gasteiger partial charge < -0.3 is 9.88 Å². The van der Waals surface area contributed by atoms with Crippen molar-refractivity contribution in [3.63, 3.8) is 0 Å². The van der Waals surface area contributed by atoms with Crippen LogP contribution in [0.1, 0.15) is 41.9 Å². The van der Waals surface area contributed by atoms with Crippen molar-refractivity contribution >= 4 is 22.6 Å². The molecule has 3 aromatic rings. The van der Waals surface area contributed by atoms with Crippen LogP contribution in [0.5, 0.6) is 0 Å². The Balaban J connectivity index is 1.27. The minimum absolute atomic E-state index is 0.00267. The lowest BCUT2D eigenvalue weighted by Gasteiger charge is -2.31. The first-order valence-corrected chi connectivity index (χ1v) is 10.7. The van der Waals surface area contributed by atoms with Gasteiger partial charge in [0.25, 0.3) is 5.56 Å². The topological polar surface area (TPSA) is 83.1 Å². The van der Waals surface area contributed by atoms with E-state index >= 15 is 0 Å². The van der Waals surface area contributed by atoms with Gasteiger partial charge in [0, 0.05) is 37.4 Å². The lowest BCUT2D eigenvalue weighted by Crippen LogP contribution is -2.40. The van der Waals surface area contributed by atoms with E-state index in [-0.39, 0.29) is 28.8 Å². The van der Waals surface area contributed by atoms with Crippen LogP contribution >= 0.6 is 0 Å². The zero-order valence-corrected chi connectivity index (χ0v) is 17.4. The molecule has 1 N–H and O–H groups in total. The Hall–Kier alpha value is -3.42. The van der Waals surface area contributed by atoms with Gasteiger partial charge in [-0.1, -0.05) is 0 Å². The van der Waals surface area contributed by atoms with Crippen LogP contribution < -0.4 is 5.56 Å². The molecule has 166 valence electrons. The fraction of sp³-hybridized carbons (Fsp3) is 0.333. The predicted octanol–water partition coefficient (Wildman–Crippen LogP) is 3.65. The number of ketones is 1. The van der Waals surface area contributed by atoms with Gasteiger partial charge in [-0.25, -0.2) is 13.8 Å². The summed E-state index contributed by atoms with van der Waals surface area (Å²) in [6.45, 7) is 1.01. The van der Waals surface area contributed by atoms with Crippen LogP contribution in [0.2, 0.25) is 0 Å². The zero-order chi connectivity index (χ0) is 22.7. The number of fused-ring (bicyclic) bond motifs is 1. The molecule has 1 aliphatic rings. The largest absolute Gasteiger partial charge is 0.343 e. The number of aromatic nitrogens is 2. The second kappa shape index (κ2) is 9.38. The smallest absolute Gasteiger partial charge is 0.258 e. The van der Waals surface area contributed by atoms with Crippen molar-refractivity contribution in [3.05, 3.63) is 75.8 Å². The summed E-state index contributed by atoms with van der Waals surface area (Å²) >= 11 is 0. The molecule has 2 aromatic carbocycles. The molecular formula is C24H23F2N3O3. The molecule has 6 nitrogen and oxygen atoms in total. The first kappa shape index (κ1) is 21.8. The SMILES string of the molecule is O=C(c1ccc(F)cc1)C1CCN(C(=O)CCCc2nc3ccc(F)cc3c(=O)[nH]2)CC1. The molecule has 8 heteroatoms. The summed E-state index contributed by atoms with van der Waals surface area (Å²) in [6.07, 6.45) is 2.41. The van der Waals surface area contributed by atoms with E-state index in [0.29, 0.717) is 62.1 Å². The van der Waals surface area contributed by atoms with Crippen molar-refractivity contribution in [2.75, 3.05) is 13.1 Å². The van der Waals surface area contributed by atoms with Crippen LogP contribution in [-0.4, -0.2) is 39.6 Å². The number of hydrogen-bond donors (Lipinski definition) is 1. The number of amides is 1. The summed E-state index contributed by atoms with van der Waals surface area (Å²) in [5, 5.41) is 0.197. The number of carbonyl (C=O) groups is 2. The van der Waals surface area contributed by atoms with Crippen LogP contribution in [0.25, 0.3) is 10.9 Å². The molecule has 32 heavy (non-hydrogen) atoms. The van der Waals surface area contributed by atoms with Crippen LogP contribution in [0.3, 0.4) is 0 Å². The summed E-state index contributed by atoms with van der Waals surface area (Å²) in [5.74, 6) is -0.581. The number of Topliss-reactive ketones (excluding diaryl/α,β-unsaturated/α-hetero) is 1. The summed E-state index contributed by atoms with van der Waals surface area (Å²) in [4.78, 5) is 46.0. The first-order valence-electron chi connectivity index (χ1n) is 10.7. The van der Waals surface area contributed by atoms with Crippen molar-refractivity contribution in [1.82, 2.24) is 14.9 Å². The average Bonchev–Trinajstić information content (AvgIpc) is 2.80. The number of benzene rings is 2. The van der Waals surface area contributed by atoms with E-state index in [0.717, 1.165) is 6.07 Å². The molecular weight excluding hydrogens is 416 g/mol. The number of halogens is 2. The van der Waals surface area contributed by atoms with E-state index in [1.54, 1.807) is 4.90 Å². The highest BCUT2D eigenvalue weighted by molar-refractivity contribution is 5.98. The summed E-state index contributed by atoms with van der Waals surface area (Å²) in [6, 6.07) is 9.43. The minimum atomic E-state index is -0.494. The van der Waals surface area contributed by atoms with E-state index in [9.17, 15) is 23.2 Å². The number of hydrogen-bond acceptors (Lipinski definition) is 4. The Morgan fingerprint density at radius 2 is 1.72 bits per heavy atom. The second-order valence-corrected chi connectivity index (χ2v) is 8.05. The first-order chi connectivity index (χ1) is 15.4. The average molecular weight is 439 g/mol. The molecule has 1 aliphatic heterocycles. The molecule has 4 rings (SSSR count). The highest BCUT2D eigenvalue weighted by Gasteiger charge is 2.27. The van der Waals surface area contributed by atoms with Crippen LogP contribution in [0, 0.1) is 17.6 Å². The Kier molecular flexibility index (Phi) is 6.39. The van der Waals surface area contributed by atoms with Gasteiger partial charge in [-0.05, 0) is 61.7 Å². The summed E-state index contributed by atoms with van der Waals surface area (Å²) < 4.78 is 26.4. The standard InChI is InChI=1S/C24H23F2N3O3/c25-17-6-4-15(5-7-17)23(31)16-10-12-29(13-11-16)22(30)3-1-2-21-27-20-9-8-18(26)14-19(20)24(32)28-21/h4-9,14,16H,1-3,10-13H2,(H,27,28,32). The lowest BCUT2D eigenvalue weighted by molar-refractivity contribution is -0.132. The fourth-order valence-electron chi connectivity index (χ4n) is 4.08. The molecule has 2 heterocycles. The van der Waals surface area contributed by atoms with Crippen LogP contribution in [-0.2, 0) is 11.2 Å². The van der Waals surface area contributed by atoms with Gasteiger partial charge in [-0.15, -0.1) is 0 Å². The molecule has 1 fully saturated rings. The molecule has 1 aromatic heterocycles. The fourth-order valence-corrected chi connectivity index (χ4v) is 4.08. The third kappa shape index (κ3) is 4.90. The Morgan fingerprint density at radius 3 is 2.44 bits per heavy atom. The number of carbonyl (C=O) groups excluding carboxylic acids is 2. The van der Waals surface area contributed by atoms with Gasteiger partial charge in [0.1, 0.15) is 17.5 Å². The summed E-state index contributed by atoms with van der Waals surface area (Å²) in [7, 11) is 0. The number of piperidine rings is 1. The van der Waals surface area contributed by atoms with E-state index in [1.165, 1.54) is 36.4 Å². The van der Waals surface area contributed by atoms with Gasteiger partial charge >= 0.3 is 0 Å². The number of rotatable bonds is 6. The molecule has 1 amide bonds. The quantitative estimate of drug-likeness (QED) is 0.595. The van der Waals surface area contributed by atoms with Crippen LogP contribution in [0.4, 0.5) is 8.78 Å². The Labute approximate surface area is 183 Å². The maximum absolute atomic E-state index is 13.3. The molecule has 0 spiro atoms. The lowest BCUT2D eigenvalue weighted by atomic mass is 9.88. The van der Waals surface area contributed by atoms with Gasteiger partial charge in [0.15, 0.2) is 5.78 Å². The summed E-state index contributed by atoms with van der Waals surface area (Å²) in [5.41, 5.74) is 0.517. The molecule has 0 radical (unpaired) electrons. The molecule has 0 aliphatic carbocycles. The van der Waals surface area contributed by atoms with Gasteiger partial charge in [-0.2, -0.15) is 0 Å². The normalized spacial score (nSPS) is 14.6. The second-order valence-electron chi connectivity index (χ2n) is 8.05. The molecule has 0 atom stereocenters. The number of H-pyrrole nitrogens is 1. The monoisotopic (exact) mass is 439 g/mol. The number of nitrogens with zero attached hydrogens (tertiary/aromatic N) is 2. The highest BCUT2D eigenvalue weighted by atomic mass is 19.1. The van der Waals surface area contributed by atoms with E-state index in [4.69, 9.17) is 0 Å². The molecule has 0 bridgehead atoms. The van der Waals surface area contributed by atoms with Crippen molar-refractivity contribution in [2.24, 2.45) is 5.92 Å². The number of likely N-dealkylation sites (tertiary alicyclic amines) is 1. The number of nitrogens with one attached hydrogen (secondary N) is 1. The van der Waals surface area contributed by atoms with Gasteiger partial charge in [0.2, 0.25) is 5.91 Å². The number of aryl methyl sites for hydroxylation is 1. The Bertz CT molecular complexity index is 1200. The van der Waals surface area contributed by atoms with Crippen molar-refractivity contribution in [1.29, 1.82) is 0 Å². The van der Waals surface area contributed by atoms with E-state index in [2.05, 4.69) is 9.97 Å². The maximum Gasteiger partial charge on any atom is 0.258 e. The number of aromatic amines is 1. The minimum Gasteiger partial charge on any atom is -0.343 e. The van der Waals surface area contributed by atoms with Gasteiger partial charge in [0.05, 0.1) is 10.9 Å². The third-order valence-corrected chi connectivity index (χ3v) is 5.87. The van der Waals surface area contributed by atoms with E-state index < -0.39 is 11.4 Å². The third-order valence-electron chi connectivity index (χ3n) is 5.87. The van der Waals surface area contributed by atoms with Crippen molar-refractivity contribution in [2.45, 2.75) is 32.1 Å². The van der Waals surface area contributed by atoms with Crippen LogP contribution in [0.15, 0.2) is 47.3 Å². The maximum atomic E-state index is 13.3. The van der Waals surface area contributed by atoms with Gasteiger partial charge in [-0.3, -0.25) is 14.4 Å².